The molecule has 2 fully saturated rings. The molecule has 2 aliphatic rings. The van der Waals surface area contributed by atoms with Crippen LogP contribution in [0.1, 0.15) is 59.2 Å². The summed E-state index contributed by atoms with van der Waals surface area (Å²) in [5, 5.41) is -0.350. The number of piperazine rings is 1. The van der Waals surface area contributed by atoms with E-state index in [-0.39, 0.29) is 67.6 Å². The van der Waals surface area contributed by atoms with E-state index in [4.69, 9.17) is 9.15 Å². The number of ether oxygens (including phenoxy) is 1. The van der Waals surface area contributed by atoms with Gasteiger partial charge >= 0.3 is 11.7 Å². The number of hydrogen-bond acceptors (Lipinski definition) is 9. The monoisotopic (exact) mass is 545 g/mol. The summed E-state index contributed by atoms with van der Waals surface area (Å²) in [6, 6.07) is 4.05. The number of esters is 1. The third-order valence-corrected chi connectivity index (χ3v) is 8.46. The Kier molecular flexibility index (Phi) is 6.69. The average Bonchev–Trinajstić information content (AvgIpc) is 3.63. The molecule has 1 saturated carbocycles. The summed E-state index contributed by atoms with van der Waals surface area (Å²) in [5.74, 6) is -1.25. The third kappa shape index (κ3) is 4.53. The molecule has 13 nitrogen and oxygen atoms in total. The van der Waals surface area contributed by atoms with Crippen LogP contribution in [0.3, 0.4) is 0 Å². The van der Waals surface area contributed by atoms with Crippen LogP contribution in [0.25, 0.3) is 11.0 Å². The van der Waals surface area contributed by atoms with E-state index < -0.39 is 38.2 Å². The number of fused-ring (bicyclic) bond motifs is 1. The number of carbonyl (C=O) groups excluding carboxylic acids is 2. The fourth-order valence-corrected chi connectivity index (χ4v) is 5.88. The first-order chi connectivity index (χ1) is 18.1. The smallest absolute Gasteiger partial charge is 0.374 e. The van der Waals surface area contributed by atoms with Crippen molar-refractivity contribution in [2.75, 3.05) is 32.8 Å². The highest BCUT2D eigenvalue weighted by Gasteiger charge is 2.35. The van der Waals surface area contributed by atoms with Gasteiger partial charge in [0.05, 0.1) is 17.6 Å². The molecular weight excluding hydrogens is 518 g/mol. The molecule has 5 rings (SSSR count). The molecule has 0 spiro atoms. The van der Waals surface area contributed by atoms with Gasteiger partial charge in [-0.15, -0.1) is 0 Å². The topological polar surface area (TPSA) is 165 Å². The summed E-state index contributed by atoms with van der Waals surface area (Å²) in [6.45, 7) is 3.86. The number of nitrogens with zero attached hydrogens (tertiary/aromatic N) is 4. The van der Waals surface area contributed by atoms with Gasteiger partial charge in [-0.1, -0.05) is 0 Å². The summed E-state index contributed by atoms with van der Waals surface area (Å²) in [6.07, 6.45) is 1.82. The number of pyridine rings is 1. The van der Waals surface area contributed by atoms with Crippen LogP contribution in [0, 0.1) is 0 Å². The number of aromatic nitrogens is 3. The molecule has 3 aromatic heterocycles. The number of amides is 1. The third-order valence-electron chi connectivity index (χ3n) is 6.69. The maximum Gasteiger partial charge on any atom is 0.374 e. The molecule has 202 valence electrons. The summed E-state index contributed by atoms with van der Waals surface area (Å²) in [5.41, 5.74) is -0.312. The second kappa shape index (κ2) is 9.83. The summed E-state index contributed by atoms with van der Waals surface area (Å²) in [4.78, 5) is 58.9. The standard InChI is InChI=1S/C24H27N5O8S/c1-3-29-20-19(21(30)26-24(29)33)15(13-16(25-20)14-5-6-14)22(31)27-9-11-28(12-10-27)38(34,35)18-8-7-17(37-18)23(32)36-4-2/h7-8,13-14H,3-6,9-12H2,1-2H3,(H,26,30,33). The van der Waals surface area contributed by atoms with E-state index in [0.29, 0.717) is 5.69 Å². The Hall–Kier alpha value is -3.78. The first kappa shape index (κ1) is 25.9. The predicted molar refractivity (Wildman–Crippen MR) is 134 cm³/mol. The lowest BCUT2D eigenvalue weighted by Gasteiger charge is -2.33. The van der Waals surface area contributed by atoms with Crippen molar-refractivity contribution >= 4 is 32.9 Å². The molecule has 0 unspecified atom stereocenters. The Morgan fingerprint density at radius 3 is 2.47 bits per heavy atom. The quantitative estimate of drug-likeness (QED) is 0.425. The van der Waals surface area contributed by atoms with E-state index in [1.54, 1.807) is 19.9 Å². The zero-order chi connectivity index (χ0) is 27.2. The molecule has 14 heteroatoms. The minimum Gasteiger partial charge on any atom is -0.460 e. The van der Waals surface area contributed by atoms with Crippen molar-refractivity contribution in [2.45, 2.75) is 44.2 Å². The number of nitrogens with one attached hydrogen (secondary N) is 1. The van der Waals surface area contributed by atoms with E-state index >= 15 is 0 Å². The van der Waals surface area contributed by atoms with Crippen LogP contribution in [-0.4, -0.2) is 76.8 Å². The second-order valence-corrected chi connectivity index (χ2v) is 11.0. The second-order valence-electron chi connectivity index (χ2n) is 9.11. The molecule has 38 heavy (non-hydrogen) atoms. The van der Waals surface area contributed by atoms with Crippen LogP contribution >= 0.6 is 0 Å². The predicted octanol–water partition coefficient (Wildman–Crippen LogP) is 0.899. The molecular formula is C24H27N5O8S. The minimum atomic E-state index is -4.05. The van der Waals surface area contributed by atoms with E-state index in [2.05, 4.69) is 9.97 Å². The summed E-state index contributed by atoms with van der Waals surface area (Å²) >= 11 is 0. The maximum atomic E-state index is 13.6. The number of rotatable bonds is 7. The lowest BCUT2D eigenvalue weighted by Crippen LogP contribution is -2.50. The first-order valence-electron chi connectivity index (χ1n) is 12.4. The van der Waals surface area contributed by atoms with Crippen molar-refractivity contribution in [3.63, 3.8) is 0 Å². The molecule has 1 aliphatic heterocycles. The normalized spacial score (nSPS) is 16.6. The van der Waals surface area contributed by atoms with E-state index in [1.165, 1.54) is 25.9 Å². The van der Waals surface area contributed by atoms with Gasteiger partial charge in [-0.3, -0.25) is 19.1 Å². The van der Waals surface area contributed by atoms with Gasteiger partial charge in [0, 0.05) is 44.3 Å². The van der Waals surface area contributed by atoms with Gasteiger partial charge in [-0.05, 0) is 44.9 Å². The largest absolute Gasteiger partial charge is 0.460 e. The van der Waals surface area contributed by atoms with Crippen molar-refractivity contribution in [1.82, 2.24) is 23.7 Å². The molecule has 4 heterocycles. The number of aromatic amines is 1. The molecule has 0 aromatic carbocycles. The van der Waals surface area contributed by atoms with Crippen LogP contribution in [0.15, 0.2) is 37.3 Å². The Labute approximate surface area is 217 Å². The fourth-order valence-electron chi connectivity index (χ4n) is 4.54. The SMILES string of the molecule is CCOC(=O)c1ccc(S(=O)(=O)N2CCN(C(=O)c3cc(C4CC4)nc4c3c(=O)[nH]c(=O)n4CC)CC2)o1. The maximum absolute atomic E-state index is 13.6. The van der Waals surface area contributed by atoms with Crippen molar-refractivity contribution in [1.29, 1.82) is 0 Å². The molecule has 1 saturated heterocycles. The van der Waals surface area contributed by atoms with Gasteiger partial charge in [0.1, 0.15) is 0 Å². The number of carbonyl (C=O) groups is 2. The molecule has 1 amide bonds. The Balaban J connectivity index is 1.40. The molecule has 0 atom stereocenters. The van der Waals surface area contributed by atoms with Gasteiger partial charge in [0.25, 0.3) is 21.5 Å². The lowest BCUT2D eigenvalue weighted by molar-refractivity contribution is 0.0483. The average molecular weight is 546 g/mol. The summed E-state index contributed by atoms with van der Waals surface area (Å²) < 4.78 is 38.7. The van der Waals surface area contributed by atoms with Crippen LogP contribution in [-0.2, 0) is 21.3 Å². The highest BCUT2D eigenvalue weighted by Crippen LogP contribution is 2.40. The minimum absolute atomic E-state index is 0.0158. The van der Waals surface area contributed by atoms with E-state index in [0.717, 1.165) is 12.8 Å². The van der Waals surface area contributed by atoms with Crippen molar-refractivity contribution in [3.8, 4) is 0 Å². The van der Waals surface area contributed by atoms with Gasteiger partial charge in [-0.2, -0.15) is 4.31 Å². The summed E-state index contributed by atoms with van der Waals surface area (Å²) in [7, 11) is -4.05. The van der Waals surface area contributed by atoms with E-state index in [9.17, 15) is 27.6 Å². The molecule has 1 N–H and O–H groups in total. The van der Waals surface area contributed by atoms with Crippen molar-refractivity contribution < 1.29 is 27.2 Å². The number of hydrogen-bond donors (Lipinski definition) is 1. The Morgan fingerprint density at radius 1 is 1.13 bits per heavy atom. The fraction of sp³-hybridized carbons (Fsp3) is 0.458. The molecule has 0 bridgehead atoms. The number of furan rings is 1. The molecule has 0 radical (unpaired) electrons. The van der Waals surface area contributed by atoms with E-state index in [1.807, 2.05) is 0 Å². The van der Waals surface area contributed by atoms with Gasteiger partial charge in [-0.25, -0.2) is 23.0 Å². The number of H-pyrrole nitrogens is 1. The van der Waals surface area contributed by atoms with Crippen LogP contribution in [0.4, 0.5) is 0 Å². The van der Waals surface area contributed by atoms with Crippen molar-refractivity contribution in [3.05, 3.63) is 56.1 Å². The zero-order valence-electron chi connectivity index (χ0n) is 20.9. The van der Waals surface area contributed by atoms with Crippen LogP contribution in [0.2, 0.25) is 0 Å². The van der Waals surface area contributed by atoms with Crippen LogP contribution < -0.4 is 11.2 Å². The highest BCUT2D eigenvalue weighted by molar-refractivity contribution is 7.89. The van der Waals surface area contributed by atoms with Gasteiger partial charge in [0.2, 0.25) is 10.9 Å². The number of aryl methyl sites for hydroxylation is 1. The Bertz CT molecular complexity index is 1640. The van der Waals surface area contributed by atoms with Gasteiger partial charge < -0.3 is 14.1 Å². The van der Waals surface area contributed by atoms with Gasteiger partial charge in [0.15, 0.2) is 5.65 Å². The molecule has 1 aliphatic carbocycles. The lowest BCUT2D eigenvalue weighted by atomic mass is 10.1. The Morgan fingerprint density at radius 2 is 1.84 bits per heavy atom. The first-order valence-corrected chi connectivity index (χ1v) is 13.8. The van der Waals surface area contributed by atoms with Crippen molar-refractivity contribution in [2.24, 2.45) is 0 Å². The zero-order valence-corrected chi connectivity index (χ0v) is 21.7. The molecule has 3 aromatic rings. The highest BCUT2D eigenvalue weighted by atomic mass is 32.2. The van der Waals surface area contributed by atoms with Crippen LogP contribution in [0.5, 0.6) is 0 Å². The number of sulfonamides is 1.